The average Bonchev–Trinajstić information content (AvgIpc) is 2.46. The minimum Gasteiger partial charge on any atom is -0.342 e. The number of nitrogens with zero attached hydrogens (tertiary/aromatic N) is 1. The van der Waals surface area contributed by atoms with Gasteiger partial charge in [0.05, 0.1) is 0 Å². The summed E-state index contributed by atoms with van der Waals surface area (Å²) >= 11 is 0. The Balaban J connectivity index is 2.58. The normalized spacial score (nSPS) is 11.5. The second kappa shape index (κ2) is 8.18. The Bertz CT molecular complexity index is 437. The standard InChI is InChI=1S/C18H30N2O/c1-5-12-20(14-18(3,4)13-19)17(21)11-10-16-8-6-15(2)7-9-16/h6-9H,5,10-14,19H2,1-4H3. The molecule has 21 heavy (non-hydrogen) atoms. The molecule has 0 saturated carbocycles. The van der Waals surface area contributed by atoms with Crippen LogP contribution in [0.15, 0.2) is 24.3 Å². The lowest BCUT2D eigenvalue weighted by Crippen LogP contribution is -2.42. The molecule has 1 aromatic carbocycles. The Morgan fingerprint density at radius 3 is 2.38 bits per heavy atom. The van der Waals surface area contributed by atoms with Crippen LogP contribution in [0.25, 0.3) is 0 Å². The number of hydrogen-bond donors (Lipinski definition) is 1. The topological polar surface area (TPSA) is 46.3 Å². The van der Waals surface area contributed by atoms with Crippen LogP contribution in [0.5, 0.6) is 0 Å². The van der Waals surface area contributed by atoms with Crippen molar-refractivity contribution in [2.75, 3.05) is 19.6 Å². The second-order valence-electron chi connectivity index (χ2n) is 6.67. The Labute approximate surface area is 129 Å². The summed E-state index contributed by atoms with van der Waals surface area (Å²) in [5, 5.41) is 0. The lowest BCUT2D eigenvalue weighted by Gasteiger charge is -2.32. The molecule has 0 aliphatic carbocycles. The van der Waals surface area contributed by atoms with Gasteiger partial charge in [0.2, 0.25) is 5.91 Å². The molecule has 0 unspecified atom stereocenters. The first-order chi connectivity index (χ1) is 9.88. The summed E-state index contributed by atoms with van der Waals surface area (Å²) in [6.45, 7) is 10.6. The van der Waals surface area contributed by atoms with Crippen molar-refractivity contribution in [3.05, 3.63) is 35.4 Å². The van der Waals surface area contributed by atoms with Gasteiger partial charge in [-0.15, -0.1) is 0 Å². The zero-order valence-electron chi connectivity index (χ0n) is 14.0. The fourth-order valence-electron chi connectivity index (χ4n) is 2.31. The van der Waals surface area contributed by atoms with Crippen LogP contribution in [0.3, 0.4) is 0 Å². The van der Waals surface area contributed by atoms with Crippen molar-refractivity contribution in [3.63, 3.8) is 0 Å². The molecule has 3 nitrogen and oxygen atoms in total. The van der Waals surface area contributed by atoms with Crippen LogP contribution in [-0.2, 0) is 11.2 Å². The molecule has 1 rings (SSSR count). The number of aryl methyl sites for hydroxylation is 2. The minimum atomic E-state index is -0.0192. The summed E-state index contributed by atoms with van der Waals surface area (Å²) in [6, 6.07) is 8.41. The maximum Gasteiger partial charge on any atom is 0.222 e. The Morgan fingerprint density at radius 2 is 1.86 bits per heavy atom. The van der Waals surface area contributed by atoms with Crippen LogP contribution in [0, 0.1) is 12.3 Å². The van der Waals surface area contributed by atoms with E-state index >= 15 is 0 Å². The van der Waals surface area contributed by atoms with Gasteiger partial charge in [0.15, 0.2) is 0 Å². The molecular formula is C18H30N2O. The lowest BCUT2D eigenvalue weighted by atomic mass is 9.92. The molecular weight excluding hydrogens is 260 g/mol. The van der Waals surface area contributed by atoms with Crippen molar-refractivity contribution in [3.8, 4) is 0 Å². The van der Waals surface area contributed by atoms with Gasteiger partial charge < -0.3 is 10.6 Å². The molecule has 0 heterocycles. The first-order valence-corrected chi connectivity index (χ1v) is 7.91. The van der Waals surface area contributed by atoms with Crippen LogP contribution in [0.4, 0.5) is 0 Å². The fraction of sp³-hybridized carbons (Fsp3) is 0.611. The monoisotopic (exact) mass is 290 g/mol. The third-order valence-corrected chi connectivity index (χ3v) is 3.77. The number of rotatable bonds is 8. The zero-order chi connectivity index (χ0) is 15.9. The van der Waals surface area contributed by atoms with E-state index < -0.39 is 0 Å². The zero-order valence-corrected chi connectivity index (χ0v) is 14.0. The SMILES string of the molecule is CCCN(CC(C)(C)CN)C(=O)CCc1ccc(C)cc1. The molecule has 0 saturated heterocycles. The molecule has 0 spiro atoms. The van der Waals surface area contributed by atoms with Gasteiger partial charge in [0.25, 0.3) is 0 Å². The average molecular weight is 290 g/mol. The van der Waals surface area contributed by atoms with E-state index in [0.29, 0.717) is 13.0 Å². The first-order valence-electron chi connectivity index (χ1n) is 7.91. The van der Waals surface area contributed by atoms with Gasteiger partial charge in [0.1, 0.15) is 0 Å². The molecule has 1 amide bonds. The number of carbonyl (C=O) groups excluding carboxylic acids is 1. The van der Waals surface area contributed by atoms with Crippen LogP contribution < -0.4 is 5.73 Å². The molecule has 0 aromatic heterocycles. The Morgan fingerprint density at radius 1 is 1.24 bits per heavy atom. The molecule has 1 aromatic rings. The third-order valence-electron chi connectivity index (χ3n) is 3.77. The largest absolute Gasteiger partial charge is 0.342 e. The molecule has 0 bridgehead atoms. The molecule has 0 aliphatic rings. The van der Waals surface area contributed by atoms with Crippen molar-refractivity contribution in [1.29, 1.82) is 0 Å². The van der Waals surface area contributed by atoms with Gasteiger partial charge in [0, 0.05) is 19.5 Å². The lowest BCUT2D eigenvalue weighted by molar-refractivity contribution is -0.132. The quantitative estimate of drug-likeness (QED) is 0.799. The maximum absolute atomic E-state index is 12.5. The van der Waals surface area contributed by atoms with Gasteiger partial charge in [-0.2, -0.15) is 0 Å². The van der Waals surface area contributed by atoms with E-state index in [9.17, 15) is 4.79 Å². The summed E-state index contributed by atoms with van der Waals surface area (Å²) in [6.07, 6.45) is 2.36. The molecule has 118 valence electrons. The highest BCUT2D eigenvalue weighted by molar-refractivity contribution is 5.76. The van der Waals surface area contributed by atoms with Gasteiger partial charge in [-0.1, -0.05) is 50.6 Å². The number of amides is 1. The number of benzene rings is 1. The predicted octanol–water partition coefficient (Wildman–Crippen LogP) is 3.15. The van der Waals surface area contributed by atoms with Crippen LogP contribution in [0.2, 0.25) is 0 Å². The molecule has 0 aliphatic heterocycles. The first kappa shape index (κ1) is 17.7. The molecule has 3 heteroatoms. The highest BCUT2D eigenvalue weighted by atomic mass is 16.2. The van der Waals surface area contributed by atoms with Gasteiger partial charge in [-0.3, -0.25) is 4.79 Å². The van der Waals surface area contributed by atoms with Crippen molar-refractivity contribution in [2.24, 2.45) is 11.1 Å². The minimum absolute atomic E-state index is 0.0192. The van der Waals surface area contributed by atoms with Gasteiger partial charge in [-0.05, 0) is 37.3 Å². The van der Waals surface area contributed by atoms with E-state index in [2.05, 4.69) is 52.0 Å². The van der Waals surface area contributed by atoms with Crippen molar-refractivity contribution in [2.45, 2.75) is 47.0 Å². The van der Waals surface area contributed by atoms with E-state index in [4.69, 9.17) is 5.73 Å². The fourth-order valence-corrected chi connectivity index (χ4v) is 2.31. The van der Waals surface area contributed by atoms with E-state index in [1.165, 1.54) is 11.1 Å². The van der Waals surface area contributed by atoms with Crippen LogP contribution >= 0.6 is 0 Å². The van der Waals surface area contributed by atoms with Gasteiger partial charge in [-0.25, -0.2) is 0 Å². The van der Waals surface area contributed by atoms with E-state index in [1.54, 1.807) is 0 Å². The summed E-state index contributed by atoms with van der Waals surface area (Å²) in [7, 11) is 0. The predicted molar refractivity (Wildman–Crippen MR) is 89.2 cm³/mol. The summed E-state index contributed by atoms with van der Waals surface area (Å²) < 4.78 is 0. The highest BCUT2D eigenvalue weighted by Crippen LogP contribution is 2.16. The number of nitrogens with two attached hydrogens (primary N) is 1. The number of carbonyl (C=O) groups is 1. The summed E-state index contributed by atoms with van der Waals surface area (Å²) in [5.74, 6) is 0.235. The Kier molecular flexibility index (Phi) is 6.90. The van der Waals surface area contributed by atoms with Crippen LogP contribution in [0.1, 0.15) is 44.7 Å². The summed E-state index contributed by atoms with van der Waals surface area (Å²) in [4.78, 5) is 14.4. The second-order valence-corrected chi connectivity index (χ2v) is 6.67. The smallest absolute Gasteiger partial charge is 0.222 e. The summed E-state index contributed by atoms with van der Waals surface area (Å²) in [5.41, 5.74) is 8.25. The van der Waals surface area contributed by atoms with Crippen molar-refractivity contribution < 1.29 is 4.79 Å². The van der Waals surface area contributed by atoms with E-state index in [0.717, 1.165) is 25.9 Å². The molecule has 0 atom stereocenters. The number of hydrogen-bond acceptors (Lipinski definition) is 2. The van der Waals surface area contributed by atoms with E-state index in [-0.39, 0.29) is 11.3 Å². The molecule has 2 N–H and O–H groups in total. The van der Waals surface area contributed by atoms with E-state index in [1.807, 2.05) is 4.90 Å². The third kappa shape index (κ3) is 6.30. The molecule has 0 fully saturated rings. The Hall–Kier alpha value is -1.35. The van der Waals surface area contributed by atoms with Crippen LogP contribution in [-0.4, -0.2) is 30.4 Å². The highest BCUT2D eigenvalue weighted by Gasteiger charge is 2.22. The maximum atomic E-state index is 12.5. The van der Waals surface area contributed by atoms with Crippen molar-refractivity contribution >= 4 is 5.91 Å². The van der Waals surface area contributed by atoms with Gasteiger partial charge >= 0.3 is 0 Å². The molecule has 0 radical (unpaired) electrons. The van der Waals surface area contributed by atoms with Crippen molar-refractivity contribution in [1.82, 2.24) is 4.90 Å².